The molecular formula is C12H13F2N. The lowest BCUT2D eigenvalue weighted by atomic mass is 9.98. The Hall–Kier alpha value is -1.51. The first-order valence-corrected chi connectivity index (χ1v) is 4.59. The Kier molecular flexibility index (Phi) is 3.35. The highest BCUT2D eigenvalue weighted by atomic mass is 19.1. The van der Waals surface area contributed by atoms with E-state index in [9.17, 15) is 8.78 Å². The van der Waals surface area contributed by atoms with E-state index >= 15 is 0 Å². The molecule has 0 saturated carbocycles. The molecule has 15 heavy (non-hydrogen) atoms. The molecule has 0 spiro atoms. The van der Waals surface area contributed by atoms with Crippen molar-refractivity contribution in [3.8, 4) is 0 Å². The largest absolute Gasteiger partial charge is 0.251 e. The highest BCUT2D eigenvalue weighted by Gasteiger charge is 2.21. The Morgan fingerprint density at radius 2 is 1.67 bits per heavy atom. The van der Waals surface area contributed by atoms with Crippen molar-refractivity contribution < 1.29 is 8.78 Å². The first kappa shape index (κ1) is 11.6. The van der Waals surface area contributed by atoms with Gasteiger partial charge < -0.3 is 0 Å². The molecule has 0 aromatic heterocycles. The van der Waals surface area contributed by atoms with Gasteiger partial charge in [0.25, 0.3) is 0 Å². The molecule has 0 heterocycles. The fourth-order valence-electron chi connectivity index (χ4n) is 1.32. The second-order valence-corrected chi connectivity index (χ2v) is 3.60. The zero-order valence-electron chi connectivity index (χ0n) is 9.06. The summed E-state index contributed by atoms with van der Waals surface area (Å²) in [5, 5.41) is 0. The quantitative estimate of drug-likeness (QED) is 0.618. The van der Waals surface area contributed by atoms with Crippen molar-refractivity contribution >= 4 is 5.71 Å². The van der Waals surface area contributed by atoms with Crippen LogP contribution in [-0.2, 0) is 0 Å². The summed E-state index contributed by atoms with van der Waals surface area (Å²) < 4.78 is 26.9. The Balaban J connectivity index is 3.37. The molecule has 1 aliphatic rings. The Labute approximate surface area is 88.2 Å². The molecule has 80 valence electrons. The lowest BCUT2D eigenvalue weighted by Crippen LogP contribution is -2.10. The second kappa shape index (κ2) is 4.34. The van der Waals surface area contributed by atoms with Crippen LogP contribution in [0.15, 0.2) is 52.2 Å². The van der Waals surface area contributed by atoms with Crippen molar-refractivity contribution in [1.29, 1.82) is 0 Å². The molecule has 0 fully saturated rings. The van der Waals surface area contributed by atoms with E-state index < -0.39 is 11.7 Å². The summed E-state index contributed by atoms with van der Waals surface area (Å²) >= 11 is 0. The average Bonchev–Trinajstić information content (AvgIpc) is 2.10. The minimum atomic E-state index is -0.532. The van der Waals surface area contributed by atoms with Gasteiger partial charge in [-0.25, -0.2) is 8.78 Å². The van der Waals surface area contributed by atoms with E-state index in [4.69, 9.17) is 0 Å². The minimum Gasteiger partial charge on any atom is -0.251 e. The van der Waals surface area contributed by atoms with E-state index in [-0.39, 0.29) is 11.3 Å². The molecule has 3 heteroatoms. The highest BCUT2D eigenvalue weighted by molar-refractivity contribution is 6.15. The zero-order valence-corrected chi connectivity index (χ0v) is 9.06. The van der Waals surface area contributed by atoms with Crippen LogP contribution in [0.25, 0.3) is 0 Å². The number of nitrogens with zero attached hydrogens (tertiary/aromatic N) is 1. The van der Waals surface area contributed by atoms with E-state index in [1.165, 1.54) is 0 Å². The van der Waals surface area contributed by atoms with Crippen LogP contribution in [0, 0.1) is 0 Å². The summed E-state index contributed by atoms with van der Waals surface area (Å²) in [4.78, 5) is 3.91. The molecule has 0 atom stereocenters. The van der Waals surface area contributed by atoms with Crippen LogP contribution in [-0.4, -0.2) is 5.71 Å². The molecule has 1 rings (SSSR count). The minimum absolute atomic E-state index is 0.0301. The van der Waals surface area contributed by atoms with Crippen molar-refractivity contribution in [1.82, 2.24) is 0 Å². The van der Waals surface area contributed by atoms with Gasteiger partial charge in [-0.1, -0.05) is 12.2 Å². The summed E-state index contributed by atoms with van der Waals surface area (Å²) in [5.41, 5.74) is 1.38. The van der Waals surface area contributed by atoms with Crippen LogP contribution in [0.2, 0.25) is 0 Å². The van der Waals surface area contributed by atoms with E-state index in [1.807, 2.05) is 0 Å². The normalized spacial score (nSPS) is 18.7. The van der Waals surface area contributed by atoms with Crippen LogP contribution in [0.4, 0.5) is 8.78 Å². The maximum absolute atomic E-state index is 13.5. The van der Waals surface area contributed by atoms with Gasteiger partial charge in [-0.3, -0.25) is 4.99 Å². The topological polar surface area (TPSA) is 12.4 Å². The Bertz CT molecular complexity index is 419. The van der Waals surface area contributed by atoms with Gasteiger partial charge >= 0.3 is 0 Å². The predicted octanol–water partition coefficient (Wildman–Crippen LogP) is 4.02. The van der Waals surface area contributed by atoms with Crippen molar-refractivity contribution in [3.63, 3.8) is 0 Å². The van der Waals surface area contributed by atoms with Gasteiger partial charge in [0, 0.05) is 11.3 Å². The third kappa shape index (κ3) is 2.49. The zero-order chi connectivity index (χ0) is 11.6. The van der Waals surface area contributed by atoms with Gasteiger partial charge in [0.05, 0.1) is 0 Å². The van der Waals surface area contributed by atoms with E-state index in [1.54, 1.807) is 20.8 Å². The highest BCUT2D eigenvalue weighted by Crippen LogP contribution is 2.27. The number of allylic oxidation sites excluding steroid dienone is 7. The third-order valence-corrected chi connectivity index (χ3v) is 1.88. The lowest BCUT2D eigenvalue weighted by molar-refractivity contribution is 0.639. The van der Waals surface area contributed by atoms with Crippen molar-refractivity contribution in [2.45, 2.75) is 20.8 Å². The van der Waals surface area contributed by atoms with Crippen molar-refractivity contribution in [3.05, 3.63) is 47.2 Å². The Morgan fingerprint density at radius 1 is 1.13 bits per heavy atom. The second-order valence-electron chi connectivity index (χ2n) is 3.60. The standard InChI is InChI=1S/C12H13F2N/c1-7(2)11-9(13)5-6-10(14)12(11)15-8(3)4/h5-6H,3H2,1-2,4H3. The first-order valence-electron chi connectivity index (χ1n) is 4.59. The number of aliphatic imine (C=N–C) groups is 1. The molecule has 1 nitrogen and oxygen atoms in total. The molecule has 0 bridgehead atoms. The van der Waals surface area contributed by atoms with Gasteiger partial charge in [0.2, 0.25) is 0 Å². The molecular weight excluding hydrogens is 196 g/mol. The van der Waals surface area contributed by atoms with E-state index in [2.05, 4.69) is 11.6 Å². The smallest absolute Gasteiger partial charge is 0.149 e. The molecule has 0 aliphatic heterocycles. The van der Waals surface area contributed by atoms with Crippen molar-refractivity contribution in [2.24, 2.45) is 4.99 Å². The van der Waals surface area contributed by atoms with Crippen LogP contribution in [0.5, 0.6) is 0 Å². The molecule has 1 aliphatic carbocycles. The summed E-state index contributed by atoms with van der Waals surface area (Å²) in [7, 11) is 0. The SMILES string of the molecule is C=C(C)N=C1C(F)=CC=C(F)C1=C(C)C. The summed E-state index contributed by atoms with van der Waals surface area (Å²) in [6.45, 7) is 8.63. The molecule has 0 amide bonds. The first-order chi connectivity index (χ1) is 6.93. The van der Waals surface area contributed by atoms with Gasteiger partial charge in [-0.15, -0.1) is 0 Å². The van der Waals surface area contributed by atoms with Gasteiger partial charge in [0.1, 0.15) is 17.4 Å². The summed E-state index contributed by atoms with van der Waals surface area (Å²) in [6.07, 6.45) is 2.18. The summed E-state index contributed by atoms with van der Waals surface area (Å²) in [5.74, 6) is -0.994. The number of hydrogen-bond donors (Lipinski definition) is 0. The molecule has 0 aromatic rings. The summed E-state index contributed by atoms with van der Waals surface area (Å²) in [6, 6.07) is 0. The molecule has 0 aromatic carbocycles. The molecule has 0 N–H and O–H groups in total. The number of rotatable bonds is 1. The molecule has 0 saturated heterocycles. The van der Waals surface area contributed by atoms with Crippen LogP contribution >= 0.6 is 0 Å². The maximum atomic E-state index is 13.5. The fraction of sp³-hybridized carbons (Fsp3) is 0.250. The van der Waals surface area contributed by atoms with Crippen LogP contribution in [0.3, 0.4) is 0 Å². The van der Waals surface area contributed by atoms with E-state index in [0.29, 0.717) is 11.3 Å². The van der Waals surface area contributed by atoms with Gasteiger partial charge in [-0.05, 0) is 32.9 Å². The predicted molar refractivity (Wildman–Crippen MR) is 59.0 cm³/mol. The van der Waals surface area contributed by atoms with Crippen LogP contribution in [0.1, 0.15) is 20.8 Å². The number of halogens is 2. The fourth-order valence-corrected chi connectivity index (χ4v) is 1.32. The lowest BCUT2D eigenvalue weighted by Gasteiger charge is -2.13. The maximum Gasteiger partial charge on any atom is 0.149 e. The van der Waals surface area contributed by atoms with Gasteiger partial charge in [-0.2, -0.15) is 0 Å². The molecule has 0 radical (unpaired) electrons. The Morgan fingerprint density at radius 3 is 2.13 bits per heavy atom. The average molecular weight is 209 g/mol. The van der Waals surface area contributed by atoms with Gasteiger partial charge in [0.15, 0.2) is 0 Å². The monoisotopic (exact) mass is 209 g/mol. The van der Waals surface area contributed by atoms with Crippen molar-refractivity contribution in [2.75, 3.05) is 0 Å². The third-order valence-electron chi connectivity index (χ3n) is 1.88. The number of hydrogen-bond acceptors (Lipinski definition) is 1. The van der Waals surface area contributed by atoms with E-state index in [0.717, 1.165) is 12.2 Å². The van der Waals surface area contributed by atoms with Crippen LogP contribution < -0.4 is 0 Å². The molecule has 0 unspecified atom stereocenters.